The molecule has 0 radical (unpaired) electrons. The number of hydrogen-bond donors (Lipinski definition) is 2. The predicted octanol–water partition coefficient (Wildman–Crippen LogP) is 4.31. The van der Waals surface area contributed by atoms with E-state index >= 15 is 0 Å². The Morgan fingerprint density at radius 2 is 1.92 bits per heavy atom. The number of rotatable bonds is 8. The van der Waals surface area contributed by atoms with Gasteiger partial charge in [0.05, 0.1) is 0 Å². The minimum absolute atomic E-state index is 0.0526. The highest BCUT2D eigenvalue weighted by molar-refractivity contribution is 7.89. The predicted molar refractivity (Wildman–Crippen MR) is 140 cm³/mol. The van der Waals surface area contributed by atoms with Gasteiger partial charge < -0.3 is 10.7 Å². The lowest BCUT2D eigenvalue weighted by Gasteiger charge is -2.42. The maximum Gasteiger partial charge on any atom is 0.262 e. The summed E-state index contributed by atoms with van der Waals surface area (Å²) in [6.45, 7) is 8.43. The molecule has 1 saturated heterocycles. The van der Waals surface area contributed by atoms with Crippen molar-refractivity contribution < 1.29 is 12.8 Å². The highest BCUT2D eigenvalue weighted by Gasteiger charge is 2.37. The van der Waals surface area contributed by atoms with Gasteiger partial charge in [0.1, 0.15) is 5.82 Å². The van der Waals surface area contributed by atoms with Gasteiger partial charge in [-0.05, 0) is 66.4 Å². The number of nitrogens with one attached hydrogen (secondary N) is 2. The van der Waals surface area contributed by atoms with Crippen molar-refractivity contribution in [1.29, 1.82) is 5.41 Å². The van der Waals surface area contributed by atoms with Crippen molar-refractivity contribution in [2.75, 3.05) is 31.5 Å². The van der Waals surface area contributed by atoms with Gasteiger partial charge in [-0.2, -0.15) is 9.40 Å². The first-order valence-corrected chi connectivity index (χ1v) is 13.4. The van der Waals surface area contributed by atoms with Gasteiger partial charge in [-0.25, -0.2) is 12.8 Å². The molecule has 1 aliphatic heterocycles. The molecule has 0 unspecified atom stereocenters. The maximum atomic E-state index is 13.4. The molecule has 10 heteroatoms. The van der Waals surface area contributed by atoms with Crippen molar-refractivity contribution in [1.82, 2.24) is 19.0 Å². The Hall–Kier alpha value is -3.08. The van der Waals surface area contributed by atoms with Crippen molar-refractivity contribution in [3.8, 4) is 0 Å². The molecule has 3 aromatic rings. The molecule has 0 amide bonds. The lowest BCUT2D eigenvalue weighted by Crippen LogP contribution is -2.51. The van der Waals surface area contributed by atoms with E-state index in [4.69, 9.17) is 5.41 Å². The van der Waals surface area contributed by atoms with Gasteiger partial charge in [0.25, 0.3) is 10.0 Å². The number of halogens is 1. The highest BCUT2D eigenvalue weighted by atomic mass is 32.2. The van der Waals surface area contributed by atoms with Crippen molar-refractivity contribution in [2.45, 2.75) is 31.8 Å². The van der Waals surface area contributed by atoms with Crippen LogP contribution in [0.3, 0.4) is 0 Å². The average Bonchev–Trinajstić information content (AvgIpc) is 3.28. The fraction of sp³-hybridized carbons (Fsp3) is 0.385. The largest absolute Gasteiger partial charge is 0.355 e. The van der Waals surface area contributed by atoms with Crippen molar-refractivity contribution in [3.63, 3.8) is 0 Å². The van der Waals surface area contributed by atoms with Crippen LogP contribution in [0.25, 0.3) is 0 Å². The van der Waals surface area contributed by atoms with E-state index < -0.39 is 10.0 Å². The zero-order valence-corrected chi connectivity index (χ0v) is 21.9. The Kier molecular flexibility index (Phi) is 7.58. The van der Waals surface area contributed by atoms with Gasteiger partial charge in [0, 0.05) is 68.6 Å². The van der Waals surface area contributed by atoms with E-state index in [0.717, 1.165) is 29.0 Å². The van der Waals surface area contributed by atoms with Crippen molar-refractivity contribution in [3.05, 3.63) is 71.2 Å². The smallest absolute Gasteiger partial charge is 0.262 e. The Labute approximate surface area is 212 Å². The quantitative estimate of drug-likeness (QED) is 0.439. The lowest BCUT2D eigenvalue weighted by atomic mass is 9.94. The molecule has 8 nitrogen and oxygen atoms in total. The minimum Gasteiger partial charge on any atom is -0.355 e. The molecular weight excluding hydrogens is 479 g/mol. The first kappa shape index (κ1) is 26.0. The third-order valence-corrected chi connectivity index (χ3v) is 8.18. The van der Waals surface area contributed by atoms with Gasteiger partial charge >= 0.3 is 0 Å². The molecule has 2 heterocycles. The normalized spacial score (nSPS) is 17.4. The van der Waals surface area contributed by atoms with E-state index in [1.54, 1.807) is 25.4 Å². The zero-order chi connectivity index (χ0) is 26.0. The second kappa shape index (κ2) is 10.5. The van der Waals surface area contributed by atoms with Crippen LogP contribution in [0.4, 0.5) is 15.8 Å². The molecule has 0 aliphatic carbocycles. The summed E-state index contributed by atoms with van der Waals surface area (Å²) < 4.78 is 43.0. The summed E-state index contributed by atoms with van der Waals surface area (Å²) in [5.41, 5.74) is 4.11. The van der Waals surface area contributed by atoms with E-state index in [0.29, 0.717) is 31.1 Å². The SMILES string of the molecule is Cc1cc(Nc2ccc(F)cc2)c(C=N)cc1[C@@H]1CN(S(=O)(=O)c2ccn(C)n2)CCN1CC(C)C. The van der Waals surface area contributed by atoms with Crippen LogP contribution in [-0.4, -0.2) is 59.8 Å². The molecule has 1 fully saturated rings. The molecule has 1 aromatic heterocycles. The first-order chi connectivity index (χ1) is 17.1. The van der Waals surface area contributed by atoms with Crippen LogP contribution in [0, 0.1) is 24.1 Å². The molecule has 1 aliphatic rings. The van der Waals surface area contributed by atoms with Crippen LogP contribution in [-0.2, 0) is 17.1 Å². The molecule has 2 N–H and O–H groups in total. The molecular formula is C26H33FN6O2S. The summed E-state index contributed by atoms with van der Waals surface area (Å²) in [6, 6.07) is 11.4. The molecule has 0 spiro atoms. The van der Waals surface area contributed by atoms with Crippen LogP contribution < -0.4 is 5.32 Å². The molecule has 1 atom stereocenters. The molecule has 0 saturated carbocycles. The lowest BCUT2D eigenvalue weighted by molar-refractivity contribution is 0.105. The second-order valence-electron chi connectivity index (χ2n) is 9.67. The standard InChI is InChI=1S/C26H33FN6O2S/c1-18(2)16-32-11-12-33(36(34,35)26-9-10-31(4)30-26)17-25(32)23-14-20(15-28)24(13-19(23)3)29-22-7-5-21(27)6-8-22/h5-10,13-15,18,25,28-29H,11-12,16-17H2,1-4H3/t25-/m0/s1. The van der Waals surface area contributed by atoms with Gasteiger partial charge in [0.15, 0.2) is 5.03 Å². The van der Waals surface area contributed by atoms with E-state index in [1.165, 1.54) is 33.4 Å². The van der Waals surface area contributed by atoms with Crippen LogP contribution in [0.1, 0.15) is 36.6 Å². The fourth-order valence-corrected chi connectivity index (χ4v) is 6.07. The van der Waals surface area contributed by atoms with Crippen molar-refractivity contribution in [2.24, 2.45) is 13.0 Å². The third kappa shape index (κ3) is 5.50. The number of hydrogen-bond acceptors (Lipinski definition) is 6. The second-order valence-corrected chi connectivity index (χ2v) is 11.6. The van der Waals surface area contributed by atoms with Crippen LogP contribution >= 0.6 is 0 Å². The Bertz CT molecular complexity index is 1340. The third-order valence-electron chi connectivity index (χ3n) is 6.42. The summed E-state index contributed by atoms with van der Waals surface area (Å²) >= 11 is 0. The molecule has 192 valence electrons. The van der Waals surface area contributed by atoms with Crippen LogP contribution in [0.5, 0.6) is 0 Å². The summed E-state index contributed by atoms with van der Waals surface area (Å²) in [6.07, 6.45) is 2.92. The van der Waals surface area contributed by atoms with Crippen LogP contribution in [0.15, 0.2) is 53.7 Å². The topological polar surface area (TPSA) is 94.3 Å². The number of benzene rings is 2. The average molecular weight is 513 g/mol. The highest BCUT2D eigenvalue weighted by Crippen LogP contribution is 2.34. The number of aryl methyl sites for hydroxylation is 2. The number of nitrogens with zero attached hydrogens (tertiary/aromatic N) is 4. The van der Waals surface area contributed by atoms with E-state index in [1.807, 2.05) is 19.1 Å². The molecule has 36 heavy (non-hydrogen) atoms. The minimum atomic E-state index is -3.73. The summed E-state index contributed by atoms with van der Waals surface area (Å²) in [4.78, 5) is 2.33. The van der Waals surface area contributed by atoms with E-state index in [2.05, 4.69) is 29.2 Å². The van der Waals surface area contributed by atoms with Gasteiger partial charge in [-0.1, -0.05) is 13.8 Å². The monoisotopic (exact) mass is 512 g/mol. The number of piperazine rings is 1. The Balaban J connectivity index is 1.69. The Morgan fingerprint density at radius 3 is 2.53 bits per heavy atom. The number of aromatic nitrogens is 2. The van der Waals surface area contributed by atoms with E-state index in [-0.39, 0.29) is 16.9 Å². The van der Waals surface area contributed by atoms with E-state index in [9.17, 15) is 12.8 Å². The first-order valence-electron chi connectivity index (χ1n) is 12.0. The van der Waals surface area contributed by atoms with Crippen molar-refractivity contribution >= 4 is 27.6 Å². The van der Waals surface area contributed by atoms with Gasteiger partial charge in [0.2, 0.25) is 0 Å². The fourth-order valence-electron chi connectivity index (χ4n) is 4.68. The Morgan fingerprint density at radius 1 is 1.19 bits per heavy atom. The molecule has 4 rings (SSSR count). The van der Waals surface area contributed by atoms with Gasteiger partial charge in [-0.3, -0.25) is 9.58 Å². The molecule has 0 bridgehead atoms. The summed E-state index contributed by atoms with van der Waals surface area (Å²) in [5, 5.41) is 15.5. The summed E-state index contributed by atoms with van der Waals surface area (Å²) in [5.74, 6) is 0.0977. The maximum absolute atomic E-state index is 13.4. The zero-order valence-electron chi connectivity index (χ0n) is 21.1. The summed E-state index contributed by atoms with van der Waals surface area (Å²) in [7, 11) is -2.03. The number of anilines is 2. The number of sulfonamides is 1. The van der Waals surface area contributed by atoms with Crippen LogP contribution in [0.2, 0.25) is 0 Å². The molecule has 2 aromatic carbocycles. The van der Waals surface area contributed by atoms with Gasteiger partial charge in [-0.15, -0.1) is 0 Å².